The van der Waals surface area contributed by atoms with Gasteiger partial charge in [0.1, 0.15) is 0 Å². The molecule has 3 unspecified atom stereocenters. The van der Waals surface area contributed by atoms with Gasteiger partial charge in [0.2, 0.25) is 0 Å². The summed E-state index contributed by atoms with van der Waals surface area (Å²) in [5.41, 5.74) is -0.732. The second-order valence-corrected chi connectivity index (χ2v) is 15.1. The first-order valence-corrected chi connectivity index (χ1v) is 14.5. The van der Waals surface area contributed by atoms with Crippen molar-refractivity contribution >= 4 is 5.97 Å². The van der Waals surface area contributed by atoms with E-state index in [1.807, 2.05) is 0 Å². The molecule has 6 aliphatic rings. The average Bonchev–Trinajstić information content (AvgIpc) is 3.42. The van der Waals surface area contributed by atoms with Crippen molar-refractivity contribution in [3.63, 3.8) is 0 Å². The van der Waals surface area contributed by atoms with Gasteiger partial charge in [-0.3, -0.25) is 4.79 Å². The molecule has 3 N–H and O–H groups in total. The van der Waals surface area contributed by atoms with Crippen molar-refractivity contribution in [2.24, 2.45) is 56.7 Å². The molecule has 0 bridgehead atoms. The van der Waals surface area contributed by atoms with E-state index in [1.165, 1.54) is 0 Å². The SMILES string of the molecule is CC1([C@@H]2CC[C@]3(C(=O)O)CC[C@]4(C)C(CC[C@@H]5[C@@]6(C)CCC(O)[C@@](C)(CO)[C@@H]6CC[C@]54C)[C@@H]23)CO1. The number of aliphatic hydroxyl groups is 2. The van der Waals surface area contributed by atoms with Crippen LogP contribution >= 0.6 is 0 Å². The quantitative estimate of drug-likeness (QED) is 0.471. The summed E-state index contributed by atoms with van der Waals surface area (Å²) in [6.45, 7) is 12.8. The highest BCUT2D eigenvalue weighted by Crippen LogP contribution is 2.78. The van der Waals surface area contributed by atoms with E-state index in [9.17, 15) is 20.1 Å². The van der Waals surface area contributed by atoms with Gasteiger partial charge >= 0.3 is 5.97 Å². The fourth-order valence-electron chi connectivity index (χ4n) is 12.0. The third kappa shape index (κ3) is 2.79. The number of aliphatic carboxylic acids is 1. The molecule has 0 aromatic heterocycles. The standard InChI is InChI=1S/C30H48O5/c1-25-11-10-22(32)26(2,16-31)20(25)9-12-28(4)21(25)7-6-18-23-19(29(5)17-35-29)8-13-30(23,24(33)34)15-14-27(18,28)3/h18-23,31-32H,6-17H2,1-5H3,(H,33,34)/t18?,19-,20-,21-,22?,23+,25+,26+,27-,28-,29?,30+/m1/s1. The lowest BCUT2D eigenvalue weighted by molar-refractivity contribution is -0.255. The molecule has 1 saturated heterocycles. The van der Waals surface area contributed by atoms with E-state index in [0.29, 0.717) is 23.7 Å². The number of carbonyl (C=O) groups is 1. The van der Waals surface area contributed by atoms with E-state index in [0.717, 1.165) is 70.8 Å². The maximum absolute atomic E-state index is 12.9. The van der Waals surface area contributed by atoms with Crippen LogP contribution in [0.4, 0.5) is 0 Å². The van der Waals surface area contributed by atoms with E-state index >= 15 is 0 Å². The van der Waals surface area contributed by atoms with E-state index in [2.05, 4.69) is 34.6 Å². The largest absolute Gasteiger partial charge is 0.481 e. The van der Waals surface area contributed by atoms with Crippen LogP contribution in [-0.2, 0) is 9.53 Å². The van der Waals surface area contributed by atoms with Crippen LogP contribution in [0.5, 0.6) is 0 Å². The molecule has 6 rings (SSSR count). The van der Waals surface area contributed by atoms with Gasteiger partial charge in [-0.2, -0.15) is 0 Å². The number of aliphatic hydroxyl groups excluding tert-OH is 2. The lowest BCUT2D eigenvalue weighted by Gasteiger charge is -2.72. The molecule has 1 heterocycles. The van der Waals surface area contributed by atoms with Crippen LogP contribution in [0, 0.1) is 56.7 Å². The maximum Gasteiger partial charge on any atom is 0.309 e. The Morgan fingerprint density at radius 1 is 0.829 bits per heavy atom. The lowest BCUT2D eigenvalue weighted by Crippen LogP contribution is -2.68. The Balaban J connectivity index is 1.40. The van der Waals surface area contributed by atoms with Gasteiger partial charge in [0.25, 0.3) is 0 Å². The Morgan fingerprint density at radius 3 is 2.17 bits per heavy atom. The highest BCUT2D eigenvalue weighted by molar-refractivity contribution is 5.76. The Morgan fingerprint density at radius 2 is 1.54 bits per heavy atom. The first kappa shape index (κ1) is 24.7. The van der Waals surface area contributed by atoms with Crippen LogP contribution in [0.25, 0.3) is 0 Å². The minimum absolute atomic E-state index is 0.0568. The molecular weight excluding hydrogens is 440 g/mol. The first-order valence-electron chi connectivity index (χ1n) is 14.5. The molecular formula is C30H48O5. The smallest absolute Gasteiger partial charge is 0.309 e. The third-order valence-electron chi connectivity index (χ3n) is 14.4. The molecule has 5 saturated carbocycles. The predicted molar refractivity (Wildman–Crippen MR) is 134 cm³/mol. The summed E-state index contributed by atoms with van der Waals surface area (Å²) in [6.07, 6.45) is 9.46. The number of rotatable bonds is 3. The molecule has 0 aromatic carbocycles. The summed E-state index contributed by atoms with van der Waals surface area (Å²) < 4.78 is 5.99. The zero-order valence-corrected chi connectivity index (χ0v) is 22.6. The number of hydrogen-bond donors (Lipinski definition) is 3. The predicted octanol–water partition coefficient (Wildman–Crippen LogP) is 5.27. The fraction of sp³-hybridized carbons (Fsp3) is 0.967. The zero-order valence-electron chi connectivity index (χ0n) is 22.6. The molecule has 5 nitrogen and oxygen atoms in total. The van der Waals surface area contributed by atoms with Gasteiger partial charge in [-0.25, -0.2) is 0 Å². The fourth-order valence-corrected chi connectivity index (χ4v) is 12.0. The number of hydrogen-bond acceptors (Lipinski definition) is 4. The number of ether oxygens (including phenoxy) is 1. The molecule has 0 amide bonds. The van der Waals surface area contributed by atoms with E-state index < -0.39 is 22.9 Å². The Bertz CT molecular complexity index is 914. The van der Waals surface area contributed by atoms with Gasteiger partial charge in [-0.1, -0.05) is 27.7 Å². The summed E-state index contributed by atoms with van der Waals surface area (Å²) in [4.78, 5) is 12.9. The van der Waals surface area contributed by atoms with Gasteiger partial charge in [0.15, 0.2) is 0 Å². The van der Waals surface area contributed by atoms with Gasteiger partial charge in [0, 0.05) is 5.41 Å². The normalized spacial score (nSPS) is 61.2. The van der Waals surface area contributed by atoms with Crippen molar-refractivity contribution in [3.05, 3.63) is 0 Å². The number of carboxylic acids is 1. The monoisotopic (exact) mass is 488 g/mol. The lowest BCUT2D eigenvalue weighted by atomic mass is 9.32. The van der Waals surface area contributed by atoms with Crippen molar-refractivity contribution in [1.29, 1.82) is 0 Å². The molecule has 5 aliphatic carbocycles. The molecule has 198 valence electrons. The maximum atomic E-state index is 12.9. The van der Waals surface area contributed by atoms with Crippen LogP contribution in [0.1, 0.15) is 98.8 Å². The van der Waals surface area contributed by atoms with Crippen LogP contribution in [0.15, 0.2) is 0 Å². The zero-order chi connectivity index (χ0) is 25.2. The van der Waals surface area contributed by atoms with Gasteiger partial charge in [0.05, 0.1) is 30.3 Å². The van der Waals surface area contributed by atoms with Crippen molar-refractivity contribution < 1.29 is 24.9 Å². The topological polar surface area (TPSA) is 90.3 Å². The molecule has 6 fully saturated rings. The van der Waals surface area contributed by atoms with Gasteiger partial charge in [-0.05, 0) is 117 Å². The average molecular weight is 489 g/mol. The summed E-state index contributed by atoms with van der Waals surface area (Å²) >= 11 is 0. The Labute approximate surface area is 211 Å². The van der Waals surface area contributed by atoms with Crippen molar-refractivity contribution in [2.45, 2.75) is 111 Å². The Hall–Kier alpha value is -0.650. The highest BCUT2D eigenvalue weighted by atomic mass is 16.6. The second-order valence-electron chi connectivity index (χ2n) is 15.1. The number of fused-ring (bicyclic) bond motifs is 7. The van der Waals surface area contributed by atoms with Crippen LogP contribution < -0.4 is 0 Å². The molecule has 0 aromatic rings. The van der Waals surface area contributed by atoms with Crippen molar-refractivity contribution in [3.8, 4) is 0 Å². The van der Waals surface area contributed by atoms with Crippen molar-refractivity contribution in [1.82, 2.24) is 0 Å². The minimum Gasteiger partial charge on any atom is -0.481 e. The molecule has 35 heavy (non-hydrogen) atoms. The van der Waals surface area contributed by atoms with Gasteiger partial charge in [-0.15, -0.1) is 0 Å². The third-order valence-corrected chi connectivity index (χ3v) is 14.4. The molecule has 5 heteroatoms. The second kappa shape index (κ2) is 7.26. The molecule has 0 spiro atoms. The van der Waals surface area contributed by atoms with Crippen LogP contribution in [0.3, 0.4) is 0 Å². The molecule has 12 atom stereocenters. The minimum atomic E-state index is -0.571. The van der Waals surface area contributed by atoms with Crippen molar-refractivity contribution in [2.75, 3.05) is 13.2 Å². The summed E-state index contributed by atoms with van der Waals surface area (Å²) in [6, 6.07) is 0. The van der Waals surface area contributed by atoms with E-state index in [1.54, 1.807) is 0 Å². The van der Waals surface area contributed by atoms with E-state index in [4.69, 9.17) is 4.74 Å². The van der Waals surface area contributed by atoms with Crippen LogP contribution in [-0.4, -0.2) is 46.2 Å². The summed E-state index contributed by atoms with van der Waals surface area (Å²) in [5, 5.41) is 32.0. The van der Waals surface area contributed by atoms with Gasteiger partial charge < -0.3 is 20.1 Å². The summed E-state index contributed by atoms with van der Waals surface area (Å²) in [5.74, 6) is 1.34. The first-order chi connectivity index (χ1) is 16.3. The molecule has 0 radical (unpaired) electrons. The Kier molecular flexibility index (Phi) is 5.12. The molecule has 1 aliphatic heterocycles. The number of carboxylic acid groups (broad SMARTS) is 1. The highest BCUT2D eigenvalue weighted by Gasteiger charge is 2.74. The number of epoxide rings is 1. The van der Waals surface area contributed by atoms with Crippen LogP contribution in [0.2, 0.25) is 0 Å². The summed E-state index contributed by atoms with van der Waals surface area (Å²) in [7, 11) is 0. The van der Waals surface area contributed by atoms with E-state index in [-0.39, 0.29) is 34.4 Å².